The van der Waals surface area contributed by atoms with Gasteiger partial charge in [-0.1, -0.05) is 13.0 Å². The summed E-state index contributed by atoms with van der Waals surface area (Å²) in [6.07, 6.45) is 0.884. The first-order valence-corrected chi connectivity index (χ1v) is 6.62. The highest BCUT2D eigenvalue weighted by atomic mass is 16.5. The van der Waals surface area contributed by atoms with E-state index in [4.69, 9.17) is 9.47 Å². The van der Waals surface area contributed by atoms with E-state index < -0.39 is 11.8 Å². The number of ketones is 1. The van der Waals surface area contributed by atoms with Crippen LogP contribution in [0.3, 0.4) is 0 Å². The van der Waals surface area contributed by atoms with Gasteiger partial charge in [0.15, 0.2) is 11.5 Å². The maximum atomic E-state index is 11.5. The standard InChI is InChI=1S/C15H20O5/c1-4-8-20-13-7-6-11(10-14(13)19-5-2)9-12(16)15(17)18-3/h6-7,10H,4-5,8-9H2,1-3H3. The summed E-state index contributed by atoms with van der Waals surface area (Å²) in [6, 6.07) is 5.21. The Morgan fingerprint density at radius 1 is 1.10 bits per heavy atom. The Hall–Kier alpha value is -2.04. The molecule has 0 N–H and O–H groups in total. The summed E-state index contributed by atoms with van der Waals surface area (Å²) in [5.74, 6) is -0.203. The monoisotopic (exact) mass is 280 g/mol. The van der Waals surface area contributed by atoms with E-state index in [0.717, 1.165) is 6.42 Å². The number of esters is 1. The number of hydrogen-bond donors (Lipinski definition) is 0. The molecule has 0 aliphatic rings. The summed E-state index contributed by atoms with van der Waals surface area (Å²) in [5.41, 5.74) is 0.688. The van der Waals surface area contributed by atoms with Crippen LogP contribution in [0.4, 0.5) is 0 Å². The lowest BCUT2D eigenvalue weighted by Gasteiger charge is -2.12. The summed E-state index contributed by atoms with van der Waals surface area (Å²) in [5, 5.41) is 0. The van der Waals surface area contributed by atoms with Gasteiger partial charge in [0.1, 0.15) is 0 Å². The average molecular weight is 280 g/mol. The molecule has 0 fully saturated rings. The van der Waals surface area contributed by atoms with Crippen molar-refractivity contribution in [3.05, 3.63) is 23.8 Å². The van der Waals surface area contributed by atoms with Gasteiger partial charge in [0.25, 0.3) is 0 Å². The highest BCUT2D eigenvalue weighted by Gasteiger charge is 2.16. The molecule has 110 valence electrons. The van der Waals surface area contributed by atoms with Crippen LogP contribution in [0.1, 0.15) is 25.8 Å². The zero-order valence-corrected chi connectivity index (χ0v) is 12.1. The highest BCUT2D eigenvalue weighted by molar-refractivity contribution is 6.34. The number of rotatable bonds is 8. The van der Waals surface area contributed by atoms with Crippen LogP contribution < -0.4 is 9.47 Å². The minimum absolute atomic E-state index is 0.0131. The van der Waals surface area contributed by atoms with Crippen LogP contribution >= 0.6 is 0 Å². The van der Waals surface area contributed by atoms with Crippen LogP contribution in [0.5, 0.6) is 11.5 Å². The molecule has 0 atom stereocenters. The highest BCUT2D eigenvalue weighted by Crippen LogP contribution is 2.29. The van der Waals surface area contributed by atoms with Gasteiger partial charge in [-0.15, -0.1) is 0 Å². The quantitative estimate of drug-likeness (QED) is 0.539. The van der Waals surface area contributed by atoms with E-state index in [1.54, 1.807) is 18.2 Å². The third-order valence-corrected chi connectivity index (χ3v) is 2.55. The predicted octanol–water partition coefficient (Wildman–Crippen LogP) is 2.16. The lowest BCUT2D eigenvalue weighted by molar-refractivity contribution is -0.151. The van der Waals surface area contributed by atoms with Crippen LogP contribution in [-0.4, -0.2) is 32.1 Å². The molecule has 0 heterocycles. The van der Waals surface area contributed by atoms with Gasteiger partial charge in [0, 0.05) is 6.42 Å². The summed E-state index contributed by atoms with van der Waals surface area (Å²) in [6.45, 7) is 4.98. The molecular weight excluding hydrogens is 260 g/mol. The SMILES string of the molecule is CCCOc1ccc(CC(=O)C(=O)OC)cc1OCC. The van der Waals surface area contributed by atoms with Gasteiger partial charge in [-0.2, -0.15) is 0 Å². The van der Waals surface area contributed by atoms with Gasteiger partial charge in [0.2, 0.25) is 5.78 Å². The molecule has 0 aromatic heterocycles. The number of benzene rings is 1. The van der Waals surface area contributed by atoms with Crippen molar-refractivity contribution in [2.45, 2.75) is 26.7 Å². The Morgan fingerprint density at radius 2 is 1.85 bits per heavy atom. The molecule has 0 aliphatic heterocycles. The third kappa shape index (κ3) is 4.57. The van der Waals surface area contributed by atoms with Gasteiger partial charge in [-0.3, -0.25) is 4.79 Å². The zero-order valence-electron chi connectivity index (χ0n) is 12.1. The first kappa shape index (κ1) is 16.0. The average Bonchev–Trinajstić information content (AvgIpc) is 2.45. The molecule has 0 saturated heterocycles. The van der Waals surface area contributed by atoms with Crippen LogP contribution in [0, 0.1) is 0 Å². The van der Waals surface area contributed by atoms with Crippen molar-refractivity contribution in [2.75, 3.05) is 20.3 Å². The molecule has 0 unspecified atom stereocenters. The summed E-state index contributed by atoms with van der Waals surface area (Å²) in [7, 11) is 1.19. The van der Waals surface area contributed by atoms with E-state index in [1.807, 2.05) is 13.8 Å². The number of Topliss-reactive ketones (excluding diaryl/α,β-unsaturated/α-hetero) is 1. The fourth-order valence-electron chi connectivity index (χ4n) is 1.63. The van der Waals surface area contributed by atoms with Gasteiger partial charge in [0.05, 0.1) is 20.3 Å². The Morgan fingerprint density at radius 3 is 2.45 bits per heavy atom. The number of carbonyl (C=O) groups excluding carboxylic acids is 2. The molecule has 1 aromatic rings. The number of carbonyl (C=O) groups is 2. The van der Waals surface area contributed by atoms with Crippen LogP contribution in [0.2, 0.25) is 0 Å². The molecule has 1 aromatic carbocycles. The molecule has 0 saturated carbocycles. The largest absolute Gasteiger partial charge is 0.490 e. The second-order valence-electron chi connectivity index (χ2n) is 4.15. The maximum absolute atomic E-state index is 11.5. The smallest absolute Gasteiger partial charge is 0.374 e. The van der Waals surface area contributed by atoms with Crippen molar-refractivity contribution in [1.82, 2.24) is 0 Å². The van der Waals surface area contributed by atoms with E-state index in [-0.39, 0.29) is 6.42 Å². The Kier molecular flexibility index (Phi) is 6.56. The van der Waals surface area contributed by atoms with Crippen molar-refractivity contribution < 1.29 is 23.8 Å². The molecule has 0 bridgehead atoms. The number of methoxy groups -OCH3 is 1. The maximum Gasteiger partial charge on any atom is 0.374 e. The van der Waals surface area contributed by atoms with Gasteiger partial charge in [-0.25, -0.2) is 4.79 Å². The zero-order chi connectivity index (χ0) is 15.0. The third-order valence-electron chi connectivity index (χ3n) is 2.55. The van der Waals surface area contributed by atoms with Crippen molar-refractivity contribution in [1.29, 1.82) is 0 Å². The molecular formula is C15H20O5. The summed E-state index contributed by atoms with van der Waals surface area (Å²) in [4.78, 5) is 22.6. The molecule has 0 radical (unpaired) electrons. The first-order valence-electron chi connectivity index (χ1n) is 6.62. The number of ether oxygens (including phenoxy) is 3. The van der Waals surface area contributed by atoms with Crippen molar-refractivity contribution in [3.8, 4) is 11.5 Å². The lowest BCUT2D eigenvalue weighted by atomic mass is 10.1. The second kappa shape index (κ2) is 8.19. The van der Waals surface area contributed by atoms with E-state index in [2.05, 4.69) is 4.74 Å². The molecule has 1 rings (SSSR count). The fourth-order valence-corrected chi connectivity index (χ4v) is 1.63. The summed E-state index contributed by atoms with van der Waals surface area (Å²) < 4.78 is 15.5. The van der Waals surface area contributed by atoms with Crippen LogP contribution in [-0.2, 0) is 20.7 Å². The van der Waals surface area contributed by atoms with Crippen molar-refractivity contribution in [3.63, 3.8) is 0 Å². The molecule has 0 spiro atoms. The number of hydrogen-bond acceptors (Lipinski definition) is 5. The van der Waals surface area contributed by atoms with E-state index in [0.29, 0.717) is 30.3 Å². The summed E-state index contributed by atoms with van der Waals surface area (Å²) >= 11 is 0. The Balaban J connectivity index is 2.86. The van der Waals surface area contributed by atoms with E-state index >= 15 is 0 Å². The molecule has 0 aliphatic carbocycles. The lowest BCUT2D eigenvalue weighted by Crippen LogP contribution is -2.17. The Bertz CT molecular complexity index is 467. The van der Waals surface area contributed by atoms with Gasteiger partial charge in [-0.05, 0) is 31.0 Å². The topological polar surface area (TPSA) is 61.8 Å². The van der Waals surface area contributed by atoms with Gasteiger partial charge >= 0.3 is 5.97 Å². The fraction of sp³-hybridized carbons (Fsp3) is 0.467. The molecule has 20 heavy (non-hydrogen) atoms. The Labute approximate surface area is 118 Å². The van der Waals surface area contributed by atoms with Crippen molar-refractivity contribution >= 4 is 11.8 Å². The van der Waals surface area contributed by atoms with Crippen molar-refractivity contribution in [2.24, 2.45) is 0 Å². The molecule has 5 nitrogen and oxygen atoms in total. The molecule has 5 heteroatoms. The predicted molar refractivity (Wildman–Crippen MR) is 74.1 cm³/mol. The van der Waals surface area contributed by atoms with E-state index in [9.17, 15) is 9.59 Å². The van der Waals surface area contributed by atoms with E-state index in [1.165, 1.54) is 7.11 Å². The minimum Gasteiger partial charge on any atom is -0.490 e. The molecule has 0 amide bonds. The minimum atomic E-state index is -0.839. The second-order valence-corrected chi connectivity index (χ2v) is 4.15. The van der Waals surface area contributed by atoms with Gasteiger partial charge < -0.3 is 14.2 Å². The van der Waals surface area contributed by atoms with Crippen LogP contribution in [0.25, 0.3) is 0 Å². The normalized spacial score (nSPS) is 9.95. The van der Waals surface area contributed by atoms with Crippen LogP contribution in [0.15, 0.2) is 18.2 Å². The first-order chi connectivity index (χ1) is 9.62.